The molecule has 300 valence electrons. The van der Waals surface area contributed by atoms with Gasteiger partial charge in [0.25, 0.3) is 0 Å². The van der Waals surface area contributed by atoms with Gasteiger partial charge in [-0.05, 0) is 124 Å². The van der Waals surface area contributed by atoms with Gasteiger partial charge in [-0.2, -0.15) is 10.2 Å². The summed E-state index contributed by atoms with van der Waals surface area (Å²) in [7, 11) is 0. The minimum Gasteiger partial charge on any atom is -0.331 e. The summed E-state index contributed by atoms with van der Waals surface area (Å²) in [5.41, 5.74) is 5.82. The molecular formula is C46H52F2N10. The first-order valence-electron chi connectivity index (χ1n) is 21.5. The standard InChI is InChI=1S/2C23H26FN5/c2*1-16-11-28(15-25-16)23-12-22(13-23,14-23)10-20-26-21-19(4-2-3-9-29(21)27-20)17-5-7-18(24)8-6-17/h2*5-8,11,15,19H,2-4,9-10,12-14H2,1H3/t2*19-,22?,23?/m10/s1. The molecule has 12 heteroatoms. The molecule has 2 aromatic carbocycles. The summed E-state index contributed by atoms with van der Waals surface area (Å²) in [4.78, 5) is 18.8. The molecule has 6 aliphatic carbocycles. The molecular weight excluding hydrogens is 731 g/mol. The second-order valence-corrected chi connectivity index (χ2v) is 19.1. The number of aromatic nitrogens is 10. The highest BCUT2D eigenvalue weighted by Crippen LogP contribution is 2.73. The van der Waals surface area contributed by atoms with E-state index in [1.54, 1.807) is 24.3 Å². The fraction of sp³-hybridized carbons (Fsp3) is 0.522. The second kappa shape index (κ2) is 13.3. The third-order valence-electron chi connectivity index (χ3n) is 14.7. The molecule has 6 heterocycles. The van der Waals surface area contributed by atoms with E-state index in [2.05, 4.69) is 54.7 Å². The van der Waals surface area contributed by atoms with Crippen LogP contribution in [0.25, 0.3) is 0 Å². The molecule has 4 bridgehead atoms. The Morgan fingerprint density at radius 1 is 0.569 bits per heavy atom. The first-order valence-corrected chi connectivity index (χ1v) is 21.5. The van der Waals surface area contributed by atoms with E-state index in [4.69, 9.17) is 20.2 Å². The lowest BCUT2D eigenvalue weighted by molar-refractivity contribution is -0.187. The van der Waals surface area contributed by atoms with Gasteiger partial charge in [0.15, 0.2) is 11.6 Å². The summed E-state index contributed by atoms with van der Waals surface area (Å²) in [5.74, 6) is 4.17. The molecule has 0 radical (unpaired) electrons. The van der Waals surface area contributed by atoms with E-state index in [1.165, 1.54) is 38.5 Å². The predicted octanol–water partition coefficient (Wildman–Crippen LogP) is 8.72. The maximum atomic E-state index is 13.4. The number of fused-ring (bicyclic) bond motifs is 2. The molecule has 6 fully saturated rings. The average molecular weight is 783 g/mol. The van der Waals surface area contributed by atoms with Gasteiger partial charge >= 0.3 is 0 Å². The predicted molar refractivity (Wildman–Crippen MR) is 214 cm³/mol. The zero-order valence-electron chi connectivity index (χ0n) is 33.6. The van der Waals surface area contributed by atoms with Gasteiger partial charge in [0.05, 0.1) is 24.0 Å². The van der Waals surface area contributed by atoms with Crippen molar-refractivity contribution < 1.29 is 8.78 Å². The number of hydrogen-bond acceptors (Lipinski definition) is 6. The van der Waals surface area contributed by atoms with Crippen LogP contribution in [0.2, 0.25) is 0 Å². The fourth-order valence-corrected chi connectivity index (χ4v) is 12.1. The minimum absolute atomic E-state index is 0.185. The quantitative estimate of drug-likeness (QED) is 0.153. The molecule has 0 spiro atoms. The van der Waals surface area contributed by atoms with Crippen LogP contribution < -0.4 is 0 Å². The van der Waals surface area contributed by atoms with Crippen LogP contribution >= 0.6 is 0 Å². The van der Waals surface area contributed by atoms with Crippen LogP contribution in [0.4, 0.5) is 8.78 Å². The Morgan fingerprint density at radius 3 is 1.33 bits per heavy atom. The Hall–Kier alpha value is -5.00. The molecule has 0 amide bonds. The minimum atomic E-state index is -0.185. The molecule has 2 atom stereocenters. The summed E-state index contributed by atoms with van der Waals surface area (Å²) in [6, 6.07) is 13.8. The summed E-state index contributed by atoms with van der Waals surface area (Å²) < 4.78 is 35.7. The molecule has 10 nitrogen and oxygen atoms in total. The van der Waals surface area contributed by atoms with Crippen molar-refractivity contribution in [2.45, 2.75) is 140 Å². The van der Waals surface area contributed by atoms with E-state index < -0.39 is 0 Å². The summed E-state index contributed by atoms with van der Waals surface area (Å²) in [6.07, 6.45) is 24.2. The van der Waals surface area contributed by atoms with E-state index in [9.17, 15) is 8.78 Å². The molecule has 58 heavy (non-hydrogen) atoms. The fourth-order valence-electron chi connectivity index (χ4n) is 12.1. The molecule has 4 aromatic heterocycles. The maximum absolute atomic E-state index is 13.4. The first-order chi connectivity index (χ1) is 28.1. The van der Waals surface area contributed by atoms with Crippen LogP contribution in [0.5, 0.6) is 0 Å². The zero-order chi connectivity index (χ0) is 39.3. The van der Waals surface area contributed by atoms with Gasteiger partial charge in [-0.3, -0.25) is 0 Å². The number of rotatable bonds is 8. The van der Waals surface area contributed by atoms with E-state index in [0.717, 1.165) is 110 Å². The van der Waals surface area contributed by atoms with Crippen molar-refractivity contribution in [3.05, 3.63) is 131 Å². The molecule has 0 unspecified atom stereocenters. The number of halogens is 2. The molecule has 2 aliphatic heterocycles. The monoisotopic (exact) mass is 782 g/mol. The number of nitrogens with zero attached hydrogens (tertiary/aromatic N) is 10. The smallest absolute Gasteiger partial charge is 0.151 e. The largest absolute Gasteiger partial charge is 0.331 e. The van der Waals surface area contributed by atoms with E-state index >= 15 is 0 Å². The molecule has 6 aromatic rings. The van der Waals surface area contributed by atoms with Gasteiger partial charge in [-0.1, -0.05) is 37.1 Å². The first kappa shape index (κ1) is 36.1. The third kappa shape index (κ3) is 6.06. The average Bonchev–Trinajstić information content (AvgIpc) is 3.92. The SMILES string of the molecule is Cc1cn(C23CC(Cc4nc5n(n4)CCCC[C@@H]5c4ccc(F)cc4)(C2)C3)cn1.Cc1cn(C23CC(Cc4nc5n(n4)CCCC[C@H]5c4ccc(F)cc4)(C2)C3)cn1. The van der Waals surface area contributed by atoms with Crippen LogP contribution in [-0.4, -0.2) is 48.6 Å². The van der Waals surface area contributed by atoms with Gasteiger partial charge in [0, 0.05) is 61.2 Å². The highest BCUT2D eigenvalue weighted by Gasteiger charge is 2.69. The van der Waals surface area contributed by atoms with Crippen molar-refractivity contribution in [2.75, 3.05) is 0 Å². The summed E-state index contributed by atoms with van der Waals surface area (Å²) in [5, 5.41) is 9.82. The van der Waals surface area contributed by atoms with Gasteiger partial charge < -0.3 is 9.13 Å². The van der Waals surface area contributed by atoms with E-state index in [-0.39, 0.29) is 23.5 Å². The topological polar surface area (TPSA) is 97.1 Å². The molecule has 8 aliphatic rings. The van der Waals surface area contributed by atoms with Crippen molar-refractivity contribution in [1.82, 2.24) is 48.6 Å². The maximum Gasteiger partial charge on any atom is 0.151 e. The highest BCUT2D eigenvalue weighted by atomic mass is 19.1. The second-order valence-electron chi connectivity index (χ2n) is 19.1. The highest BCUT2D eigenvalue weighted by molar-refractivity contribution is 5.30. The van der Waals surface area contributed by atoms with Crippen LogP contribution in [0.3, 0.4) is 0 Å². The van der Waals surface area contributed by atoms with E-state index in [0.29, 0.717) is 21.9 Å². The van der Waals surface area contributed by atoms with Gasteiger partial charge in [0.1, 0.15) is 23.3 Å². The van der Waals surface area contributed by atoms with Crippen molar-refractivity contribution in [1.29, 1.82) is 0 Å². The molecule has 14 rings (SSSR count). The van der Waals surface area contributed by atoms with Crippen molar-refractivity contribution in [2.24, 2.45) is 10.8 Å². The molecule has 6 saturated carbocycles. The van der Waals surface area contributed by atoms with E-state index in [1.807, 2.05) is 36.9 Å². The van der Waals surface area contributed by atoms with Gasteiger partial charge in [0.2, 0.25) is 0 Å². The molecule has 0 N–H and O–H groups in total. The Morgan fingerprint density at radius 2 is 0.966 bits per heavy atom. The third-order valence-corrected chi connectivity index (χ3v) is 14.7. The Bertz CT molecular complexity index is 2260. The Labute approximate surface area is 338 Å². The lowest BCUT2D eigenvalue weighted by Gasteiger charge is -2.71. The zero-order valence-corrected chi connectivity index (χ0v) is 33.6. The van der Waals surface area contributed by atoms with Crippen molar-refractivity contribution in [3.8, 4) is 0 Å². The lowest BCUT2D eigenvalue weighted by atomic mass is 9.38. The molecule has 0 saturated heterocycles. The van der Waals surface area contributed by atoms with Gasteiger partial charge in [-0.15, -0.1) is 0 Å². The number of hydrogen-bond donors (Lipinski definition) is 0. The van der Waals surface area contributed by atoms with Crippen LogP contribution in [-0.2, 0) is 37.0 Å². The lowest BCUT2D eigenvalue weighted by Crippen LogP contribution is -2.68. The normalized spacial score (nSPS) is 30.2. The summed E-state index contributed by atoms with van der Waals surface area (Å²) >= 11 is 0. The Kier molecular flexibility index (Phi) is 8.25. The van der Waals surface area contributed by atoms with Crippen molar-refractivity contribution in [3.63, 3.8) is 0 Å². The number of imidazole rings is 2. The number of benzene rings is 2. The van der Waals surface area contributed by atoms with Crippen LogP contribution in [0.1, 0.15) is 135 Å². The summed E-state index contributed by atoms with van der Waals surface area (Å²) in [6.45, 7) is 5.98. The van der Waals surface area contributed by atoms with Crippen LogP contribution in [0.15, 0.2) is 73.6 Å². The van der Waals surface area contributed by atoms with Crippen LogP contribution in [0, 0.1) is 36.3 Å². The Balaban J connectivity index is 0.000000133. The van der Waals surface area contributed by atoms with Crippen molar-refractivity contribution >= 4 is 0 Å². The number of aryl methyl sites for hydroxylation is 4. The van der Waals surface area contributed by atoms with Gasteiger partial charge in [-0.25, -0.2) is 38.1 Å².